The molecule has 1 aromatic rings. The summed E-state index contributed by atoms with van der Waals surface area (Å²) in [5, 5.41) is 0. The van der Waals surface area contributed by atoms with Crippen molar-refractivity contribution in [2.75, 3.05) is 13.2 Å². The predicted molar refractivity (Wildman–Crippen MR) is 64.4 cm³/mol. The summed E-state index contributed by atoms with van der Waals surface area (Å²) >= 11 is 0. The van der Waals surface area contributed by atoms with Crippen LogP contribution in [0.4, 0.5) is 4.39 Å². The van der Waals surface area contributed by atoms with Crippen molar-refractivity contribution in [1.82, 2.24) is 0 Å². The molecule has 0 aromatic heterocycles. The van der Waals surface area contributed by atoms with Gasteiger partial charge >= 0.3 is 0 Å². The Bertz CT molecular complexity index is 312. The first-order valence-corrected chi connectivity index (χ1v) is 5.78. The minimum Gasteiger partial charge on any atom is -0.494 e. The third-order valence-electron chi connectivity index (χ3n) is 2.65. The Hall–Kier alpha value is -1.09. The van der Waals surface area contributed by atoms with E-state index in [1.807, 2.05) is 13.8 Å². The molecule has 2 N–H and O–H groups in total. The summed E-state index contributed by atoms with van der Waals surface area (Å²) in [5.74, 6) is 0.766. The third kappa shape index (κ3) is 2.95. The van der Waals surface area contributed by atoms with E-state index in [4.69, 9.17) is 10.5 Å². The van der Waals surface area contributed by atoms with Crippen LogP contribution in [-0.2, 0) is 5.67 Å². The molecule has 16 heavy (non-hydrogen) atoms. The van der Waals surface area contributed by atoms with E-state index in [9.17, 15) is 4.39 Å². The molecular formula is C13H20FNO. The Balaban J connectivity index is 2.85. The van der Waals surface area contributed by atoms with Crippen LogP contribution in [0.2, 0.25) is 0 Å². The van der Waals surface area contributed by atoms with Gasteiger partial charge in [-0.2, -0.15) is 0 Å². The summed E-state index contributed by atoms with van der Waals surface area (Å²) in [6, 6.07) is 7.10. The van der Waals surface area contributed by atoms with Gasteiger partial charge in [0.2, 0.25) is 0 Å². The normalized spacial score (nSPS) is 14.5. The summed E-state index contributed by atoms with van der Waals surface area (Å²) in [4.78, 5) is 0. The monoisotopic (exact) mass is 225 g/mol. The van der Waals surface area contributed by atoms with E-state index in [0.29, 0.717) is 18.6 Å². The number of halogens is 1. The molecule has 0 aliphatic carbocycles. The number of ether oxygens (including phenoxy) is 1. The van der Waals surface area contributed by atoms with Gasteiger partial charge in [-0.25, -0.2) is 4.39 Å². The fourth-order valence-corrected chi connectivity index (χ4v) is 1.78. The maximum absolute atomic E-state index is 14.4. The van der Waals surface area contributed by atoms with Crippen molar-refractivity contribution in [2.45, 2.75) is 32.4 Å². The second-order valence-electron chi connectivity index (χ2n) is 3.88. The largest absolute Gasteiger partial charge is 0.494 e. The fraction of sp³-hybridized carbons (Fsp3) is 0.538. The quantitative estimate of drug-likeness (QED) is 0.807. The van der Waals surface area contributed by atoms with E-state index in [1.54, 1.807) is 24.3 Å². The van der Waals surface area contributed by atoms with Crippen LogP contribution in [0.15, 0.2) is 24.3 Å². The van der Waals surface area contributed by atoms with Gasteiger partial charge in [-0.1, -0.05) is 25.5 Å². The molecule has 0 bridgehead atoms. The lowest BCUT2D eigenvalue weighted by Crippen LogP contribution is -2.30. The standard InChI is InChI=1S/C13H20FNO/c1-3-9-13(14,10-15)11-5-7-12(8-6-11)16-4-2/h5-8H,3-4,9-10,15H2,1-2H3. The second-order valence-corrected chi connectivity index (χ2v) is 3.88. The molecular weight excluding hydrogens is 205 g/mol. The summed E-state index contributed by atoms with van der Waals surface area (Å²) in [5.41, 5.74) is 4.75. The Morgan fingerprint density at radius 1 is 1.25 bits per heavy atom. The average molecular weight is 225 g/mol. The number of hydrogen-bond acceptors (Lipinski definition) is 2. The van der Waals surface area contributed by atoms with Crippen molar-refractivity contribution in [3.63, 3.8) is 0 Å². The van der Waals surface area contributed by atoms with Gasteiger partial charge in [0.1, 0.15) is 11.4 Å². The average Bonchev–Trinajstić information content (AvgIpc) is 2.30. The Morgan fingerprint density at radius 2 is 1.88 bits per heavy atom. The van der Waals surface area contributed by atoms with Gasteiger partial charge in [-0.05, 0) is 31.0 Å². The van der Waals surface area contributed by atoms with Crippen molar-refractivity contribution in [1.29, 1.82) is 0 Å². The summed E-state index contributed by atoms with van der Waals surface area (Å²) in [6.45, 7) is 4.52. The predicted octanol–water partition coefficient (Wildman–Crippen LogP) is 3.01. The first kappa shape index (κ1) is 13.0. The minimum absolute atomic E-state index is 0.0226. The molecule has 1 unspecified atom stereocenters. The molecule has 1 atom stereocenters. The molecule has 1 aromatic carbocycles. The molecule has 0 amide bonds. The van der Waals surface area contributed by atoms with Crippen LogP contribution in [-0.4, -0.2) is 13.2 Å². The van der Waals surface area contributed by atoms with Gasteiger partial charge in [0.25, 0.3) is 0 Å². The maximum atomic E-state index is 14.4. The van der Waals surface area contributed by atoms with E-state index >= 15 is 0 Å². The first-order chi connectivity index (χ1) is 7.66. The number of nitrogens with two attached hydrogens (primary N) is 1. The van der Waals surface area contributed by atoms with E-state index in [-0.39, 0.29) is 6.54 Å². The molecule has 2 nitrogen and oxygen atoms in total. The molecule has 0 fully saturated rings. The van der Waals surface area contributed by atoms with Crippen LogP contribution in [0.25, 0.3) is 0 Å². The van der Waals surface area contributed by atoms with Crippen LogP contribution in [0.5, 0.6) is 5.75 Å². The number of alkyl halides is 1. The lowest BCUT2D eigenvalue weighted by atomic mass is 9.91. The molecule has 0 radical (unpaired) electrons. The van der Waals surface area contributed by atoms with Crippen LogP contribution in [0, 0.1) is 0 Å². The van der Waals surface area contributed by atoms with Crippen molar-refractivity contribution < 1.29 is 9.13 Å². The van der Waals surface area contributed by atoms with Crippen molar-refractivity contribution >= 4 is 0 Å². The van der Waals surface area contributed by atoms with Crippen molar-refractivity contribution in [3.8, 4) is 5.75 Å². The highest BCUT2D eigenvalue weighted by Crippen LogP contribution is 2.31. The highest BCUT2D eigenvalue weighted by molar-refractivity contribution is 5.31. The molecule has 0 aliphatic heterocycles. The van der Waals surface area contributed by atoms with Gasteiger partial charge in [0.05, 0.1) is 6.61 Å². The van der Waals surface area contributed by atoms with Gasteiger partial charge in [-0.3, -0.25) is 0 Å². The summed E-state index contributed by atoms with van der Waals surface area (Å²) < 4.78 is 19.7. The third-order valence-corrected chi connectivity index (χ3v) is 2.65. The zero-order valence-corrected chi connectivity index (χ0v) is 10.0. The van der Waals surface area contributed by atoms with Crippen LogP contribution < -0.4 is 10.5 Å². The number of hydrogen-bond donors (Lipinski definition) is 1. The van der Waals surface area contributed by atoms with Gasteiger partial charge < -0.3 is 10.5 Å². The lowest BCUT2D eigenvalue weighted by Gasteiger charge is -2.23. The molecule has 0 saturated carbocycles. The lowest BCUT2D eigenvalue weighted by molar-refractivity contribution is 0.159. The topological polar surface area (TPSA) is 35.2 Å². The van der Waals surface area contributed by atoms with Gasteiger partial charge in [-0.15, -0.1) is 0 Å². The highest BCUT2D eigenvalue weighted by Gasteiger charge is 2.28. The zero-order chi connectivity index (χ0) is 12.0. The fourth-order valence-electron chi connectivity index (χ4n) is 1.78. The van der Waals surface area contributed by atoms with E-state index < -0.39 is 5.67 Å². The number of benzene rings is 1. The molecule has 90 valence electrons. The van der Waals surface area contributed by atoms with Gasteiger partial charge in [0.15, 0.2) is 0 Å². The van der Waals surface area contributed by atoms with E-state index in [0.717, 1.165) is 12.2 Å². The van der Waals surface area contributed by atoms with Gasteiger partial charge in [0, 0.05) is 6.54 Å². The first-order valence-electron chi connectivity index (χ1n) is 5.78. The van der Waals surface area contributed by atoms with E-state index in [1.165, 1.54) is 0 Å². The molecule has 3 heteroatoms. The molecule has 0 aliphatic rings. The van der Waals surface area contributed by atoms with Crippen LogP contribution >= 0.6 is 0 Å². The highest BCUT2D eigenvalue weighted by atomic mass is 19.1. The smallest absolute Gasteiger partial charge is 0.148 e. The van der Waals surface area contributed by atoms with Crippen molar-refractivity contribution in [3.05, 3.63) is 29.8 Å². The van der Waals surface area contributed by atoms with Crippen LogP contribution in [0.1, 0.15) is 32.3 Å². The summed E-state index contributed by atoms with van der Waals surface area (Å²) in [7, 11) is 0. The Morgan fingerprint density at radius 3 is 2.31 bits per heavy atom. The maximum Gasteiger partial charge on any atom is 0.148 e. The SMILES string of the molecule is CCCC(F)(CN)c1ccc(OCC)cc1. The molecule has 0 saturated heterocycles. The van der Waals surface area contributed by atoms with E-state index in [2.05, 4.69) is 0 Å². The minimum atomic E-state index is -1.40. The molecule has 0 heterocycles. The number of rotatable bonds is 6. The Labute approximate surface area is 96.6 Å². The molecule has 0 spiro atoms. The molecule has 1 rings (SSSR count). The van der Waals surface area contributed by atoms with Crippen molar-refractivity contribution in [2.24, 2.45) is 5.73 Å². The Kier molecular flexibility index (Phi) is 4.74. The van der Waals surface area contributed by atoms with Crippen LogP contribution in [0.3, 0.4) is 0 Å². The summed E-state index contributed by atoms with van der Waals surface area (Å²) in [6.07, 6.45) is 1.23. The second kappa shape index (κ2) is 5.85. The zero-order valence-electron chi connectivity index (χ0n) is 10.0.